The van der Waals surface area contributed by atoms with E-state index in [1.165, 1.54) is 7.11 Å². The minimum Gasteiger partial charge on any atom is -0.495 e. The van der Waals surface area contributed by atoms with Crippen molar-refractivity contribution in [3.05, 3.63) is 23.8 Å². The van der Waals surface area contributed by atoms with Gasteiger partial charge < -0.3 is 15.2 Å². The Kier molecular flexibility index (Phi) is 3.88. The van der Waals surface area contributed by atoms with Crippen LogP contribution in [0.15, 0.2) is 18.2 Å². The van der Waals surface area contributed by atoms with E-state index in [0.717, 1.165) is 12.0 Å². The van der Waals surface area contributed by atoms with Gasteiger partial charge in [0.25, 0.3) is 0 Å². The molecule has 5 heteroatoms. The van der Waals surface area contributed by atoms with Crippen LogP contribution in [0.25, 0.3) is 0 Å². The van der Waals surface area contributed by atoms with Crippen LogP contribution >= 0.6 is 0 Å². The number of hydrogen-bond donors (Lipinski definition) is 2. The molecule has 0 aliphatic heterocycles. The highest BCUT2D eigenvalue weighted by molar-refractivity contribution is 6.36. The zero-order valence-electron chi connectivity index (χ0n) is 9.11. The van der Waals surface area contributed by atoms with Gasteiger partial charge in [0.1, 0.15) is 5.75 Å². The van der Waals surface area contributed by atoms with E-state index in [4.69, 9.17) is 9.84 Å². The molecular weight excluding hydrogens is 210 g/mol. The van der Waals surface area contributed by atoms with Gasteiger partial charge in [0.05, 0.1) is 12.8 Å². The summed E-state index contributed by atoms with van der Waals surface area (Å²) in [7, 11) is 1.46. The van der Waals surface area contributed by atoms with E-state index in [0.29, 0.717) is 11.4 Å². The van der Waals surface area contributed by atoms with Gasteiger partial charge in [-0.1, -0.05) is 13.0 Å². The van der Waals surface area contributed by atoms with E-state index in [1.54, 1.807) is 12.1 Å². The van der Waals surface area contributed by atoms with Crippen molar-refractivity contribution in [2.24, 2.45) is 0 Å². The Morgan fingerprint density at radius 1 is 1.44 bits per heavy atom. The molecule has 1 aromatic carbocycles. The molecule has 0 heterocycles. The third-order valence-corrected chi connectivity index (χ3v) is 2.11. The maximum absolute atomic E-state index is 11.0. The third kappa shape index (κ3) is 2.73. The van der Waals surface area contributed by atoms with Gasteiger partial charge in [-0.25, -0.2) is 4.79 Å². The molecule has 0 unspecified atom stereocenters. The van der Waals surface area contributed by atoms with Crippen LogP contribution < -0.4 is 10.1 Å². The van der Waals surface area contributed by atoms with Gasteiger partial charge in [-0.3, -0.25) is 4.79 Å². The average molecular weight is 223 g/mol. The normalized spacial score (nSPS) is 9.62. The summed E-state index contributed by atoms with van der Waals surface area (Å²) in [6.45, 7) is 1.96. The molecule has 1 amide bonds. The monoisotopic (exact) mass is 223 g/mol. The number of anilines is 1. The summed E-state index contributed by atoms with van der Waals surface area (Å²) >= 11 is 0. The number of carbonyl (C=O) groups excluding carboxylic acids is 1. The second kappa shape index (κ2) is 5.16. The Labute approximate surface area is 93.0 Å². The molecule has 0 spiro atoms. The van der Waals surface area contributed by atoms with Crippen molar-refractivity contribution in [3.8, 4) is 5.75 Å². The van der Waals surface area contributed by atoms with Crippen molar-refractivity contribution in [2.45, 2.75) is 13.3 Å². The first-order valence-electron chi connectivity index (χ1n) is 4.79. The lowest BCUT2D eigenvalue weighted by molar-refractivity contribution is -0.147. The zero-order chi connectivity index (χ0) is 12.1. The number of rotatable bonds is 3. The van der Waals surface area contributed by atoms with Gasteiger partial charge in [0, 0.05) is 0 Å². The SMILES string of the molecule is CCc1ccc(OC)c(NC(=O)C(=O)O)c1. The number of methoxy groups -OCH3 is 1. The molecule has 0 bridgehead atoms. The highest BCUT2D eigenvalue weighted by atomic mass is 16.5. The van der Waals surface area contributed by atoms with Gasteiger partial charge in [-0.05, 0) is 24.1 Å². The number of aliphatic carboxylic acids is 1. The molecule has 0 radical (unpaired) electrons. The van der Waals surface area contributed by atoms with E-state index in [-0.39, 0.29) is 0 Å². The largest absolute Gasteiger partial charge is 0.495 e. The number of carboxylic acids is 1. The van der Waals surface area contributed by atoms with E-state index in [1.807, 2.05) is 13.0 Å². The van der Waals surface area contributed by atoms with Gasteiger partial charge in [-0.2, -0.15) is 0 Å². The van der Waals surface area contributed by atoms with E-state index < -0.39 is 11.9 Å². The van der Waals surface area contributed by atoms with Gasteiger partial charge in [0.2, 0.25) is 0 Å². The number of benzene rings is 1. The summed E-state index contributed by atoms with van der Waals surface area (Å²) in [5.74, 6) is -2.16. The Morgan fingerprint density at radius 3 is 2.62 bits per heavy atom. The van der Waals surface area contributed by atoms with Crippen molar-refractivity contribution in [3.63, 3.8) is 0 Å². The van der Waals surface area contributed by atoms with E-state index in [9.17, 15) is 9.59 Å². The molecule has 1 aromatic rings. The minimum atomic E-state index is -1.52. The maximum atomic E-state index is 11.0. The van der Waals surface area contributed by atoms with Crippen molar-refractivity contribution in [1.29, 1.82) is 0 Å². The van der Waals surface area contributed by atoms with E-state index in [2.05, 4.69) is 5.32 Å². The summed E-state index contributed by atoms with van der Waals surface area (Å²) in [6, 6.07) is 5.24. The van der Waals surface area contributed by atoms with Crippen LogP contribution in [0.4, 0.5) is 5.69 Å². The summed E-state index contributed by atoms with van der Waals surface area (Å²) < 4.78 is 5.02. The molecule has 5 nitrogen and oxygen atoms in total. The lowest BCUT2D eigenvalue weighted by Crippen LogP contribution is -2.22. The number of aryl methyl sites for hydroxylation is 1. The van der Waals surface area contributed by atoms with Crippen LogP contribution in [-0.2, 0) is 16.0 Å². The number of nitrogens with one attached hydrogen (secondary N) is 1. The molecule has 0 aliphatic carbocycles. The Balaban J connectivity index is 3.00. The fourth-order valence-electron chi connectivity index (χ4n) is 1.25. The number of carboxylic acid groups (broad SMARTS) is 1. The number of amides is 1. The van der Waals surface area contributed by atoms with Crippen molar-refractivity contribution < 1.29 is 19.4 Å². The molecule has 0 aromatic heterocycles. The molecule has 0 saturated heterocycles. The van der Waals surface area contributed by atoms with E-state index >= 15 is 0 Å². The lowest BCUT2D eigenvalue weighted by atomic mass is 10.1. The van der Waals surface area contributed by atoms with Gasteiger partial charge >= 0.3 is 11.9 Å². The fourth-order valence-corrected chi connectivity index (χ4v) is 1.25. The van der Waals surface area contributed by atoms with Gasteiger partial charge in [-0.15, -0.1) is 0 Å². The summed E-state index contributed by atoms with van der Waals surface area (Å²) in [5.41, 5.74) is 1.36. The Hall–Kier alpha value is -2.04. The summed E-state index contributed by atoms with van der Waals surface area (Å²) in [6.07, 6.45) is 0.792. The highest BCUT2D eigenvalue weighted by Gasteiger charge is 2.14. The molecule has 0 saturated carbocycles. The van der Waals surface area contributed by atoms with Crippen molar-refractivity contribution >= 4 is 17.6 Å². The highest BCUT2D eigenvalue weighted by Crippen LogP contribution is 2.25. The van der Waals surface area contributed by atoms with Crippen LogP contribution in [0.1, 0.15) is 12.5 Å². The quantitative estimate of drug-likeness (QED) is 0.757. The first-order valence-corrected chi connectivity index (χ1v) is 4.79. The Morgan fingerprint density at radius 2 is 2.12 bits per heavy atom. The maximum Gasteiger partial charge on any atom is 0.394 e. The smallest absolute Gasteiger partial charge is 0.394 e. The molecular formula is C11H13NO4. The zero-order valence-corrected chi connectivity index (χ0v) is 9.11. The molecule has 0 fully saturated rings. The number of hydrogen-bond acceptors (Lipinski definition) is 3. The molecule has 86 valence electrons. The Bertz CT molecular complexity index is 414. The predicted octanol–water partition coefficient (Wildman–Crippen LogP) is 1.28. The molecule has 2 N–H and O–H groups in total. The van der Waals surface area contributed by atoms with Crippen molar-refractivity contribution in [1.82, 2.24) is 0 Å². The standard InChI is InChI=1S/C11H13NO4/c1-3-7-4-5-9(16-2)8(6-7)12-10(13)11(14)15/h4-6H,3H2,1-2H3,(H,12,13)(H,14,15). The van der Waals surface area contributed by atoms with Crippen LogP contribution in [0.2, 0.25) is 0 Å². The van der Waals surface area contributed by atoms with Crippen LogP contribution in [0.5, 0.6) is 5.75 Å². The number of ether oxygens (including phenoxy) is 1. The summed E-state index contributed by atoms with van der Waals surface area (Å²) in [4.78, 5) is 21.4. The van der Waals surface area contributed by atoms with Crippen LogP contribution in [-0.4, -0.2) is 24.1 Å². The number of carbonyl (C=O) groups is 2. The minimum absolute atomic E-state index is 0.370. The topological polar surface area (TPSA) is 75.6 Å². The first kappa shape index (κ1) is 12.0. The molecule has 16 heavy (non-hydrogen) atoms. The molecule has 0 aliphatic rings. The molecule has 0 atom stereocenters. The molecule has 1 rings (SSSR count). The second-order valence-corrected chi connectivity index (χ2v) is 3.15. The third-order valence-electron chi connectivity index (χ3n) is 2.11. The van der Waals surface area contributed by atoms with Crippen molar-refractivity contribution in [2.75, 3.05) is 12.4 Å². The predicted molar refractivity (Wildman–Crippen MR) is 58.6 cm³/mol. The van der Waals surface area contributed by atoms with Gasteiger partial charge in [0.15, 0.2) is 0 Å². The summed E-state index contributed by atoms with van der Waals surface area (Å²) in [5, 5.41) is 10.8. The average Bonchev–Trinajstić information content (AvgIpc) is 2.28. The fraction of sp³-hybridized carbons (Fsp3) is 0.273. The second-order valence-electron chi connectivity index (χ2n) is 3.15. The lowest BCUT2D eigenvalue weighted by Gasteiger charge is -2.10. The van der Waals surface area contributed by atoms with Crippen LogP contribution in [0, 0.1) is 0 Å². The van der Waals surface area contributed by atoms with Crippen LogP contribution in [0.3, 0.4) is 0 Å². The first-order chi connectivity index (χ1) is 7.58.